The first-order valence-corrected chi connectivity index (χ1v) is 11.4. The monoisotopic (exact) mass is 470 g/mol. The fourth-order valence-electron chi connectivity index (χ4n) is 4.24. The number of Topliss-reactive ketones (excluding diaryl/α,β-unsaturated/α-hetero) is 1. The zero-order valence-corrected chi connectivity index (χ0v) is 19.3. The van der Waals surface area contributed by atoms with E-state index in [1.807, 2.05) is 37.3 Å². The van der Waals surface area contributed by atoms with Gasteiger partial charge < -0.3 is 19.5 Å². The molecule has 1 N–H and O–H groups in total. The van der Waals surface area contributed by atoms with Gasteiger partial charge in [0.15, 0.2) is 0 Å². The number of halogens is 1. The molecule has 2 aliphatic heterocycles. The number of benzene rings is 2. The van der Waals surface area contributed by atoms with Gasteiger partial charge in [0.1, 0.15) is 11.5 Å². The Bertz CT molecular complexity index is 1050. The van der Waals surface area contributed by atoms with Crippen LogP contribution in [0.2, 0.25) is 5.02 Å². The Morgan fingerprint density at radius 2 is 1.85 bits per heavy atom. The summed E-state index contributed by atoms with van der Waals surface area (Å²) in [4.78, 5) is 29.9. The van der Waals surface area contributed by atoms with E-state index in [1.165, 1.54) is 0 Å². The number of ether oxygens (including phenoxy) is 2. The fourth-order valence-corrected chi connectivity index (χ4v) is 4.48. The van der Waals surface area contributed by atoms with Crippen molar-refractivity contribution in [3.8, 4) is 5.75 Å². The number of hydrogen-bond donors (Lipinski definition) is 1. The Kier molecular flexibility index (Phi) is 7.33. The third kappa shape index (κ3) is 4.90. The van der Waals surface area contributed by atoms with Gasteiger partial charge >= 0.3 is 0 Å². The third-order valence-corrected chi connectivity index (χ3v) is 6.22. The standard InChI is InChI=1S/C25H27ClN2O5/c1-2-33-20-9-8-18(16-19(20)26)23(29)21-22(17-6-4-3-5-7-17)28(25(31)24(21)30)11-10-27-12-14-32-15-13-27/h3-9,16,22,29H,2,10-15H2,1H3/t22-/m0/s1. The zero-order valence-electron chi connectivity index (χ0n) is 18.5. The van der Waals surface area contributed by atoms with Crippen molar-refractivity contribution in [2.75, 3.05) is 46.0 Å². The molecule has 0 saturated carbocycles. The van der Waals surface area contributed by atoms with E-state index in [9.17, 15) is 14.7 Å². The second-order valence-corrected chi connectivity index (χ2v) is 8.34. The smallest absolute Gasteiger partial charge is 0.295 e. The lowest BCUT2D eigenvalue weighted by Gasteiger charge is -2.31. The summed E-state index contributed by atoms with van der Waals surface area (Å²) < 4.78 is 10.9. The van der Waals surface area contributed by atoms with Crippen LogP contribution in [-0.4, -0.2) is 72.6 Å². The highest BCUT2D eigenvalue weighted by atomic mass is 35.5. The van der Waals surface area contributed by atoms with Gasteiger partial charge in [-0.25, -0.2) is 0 Å². The molecule has 2 fully saturated rings. The Morgan fingerprint density at radius 1 is 1.12 bits per heavy atom. The molecule has 2 aromatic carbocycles. The first-order chi connectivity index (χ1) is 16.0. The van der Waals surface area contributed by atoms with Crippen LogP contribution in [0.4, 0.5) is 0 Å². The van der Waals surface area contributed by atoms with Crippen molar-refractivity contribution in [3.63, 3.8) is 0 Å². The first kappa shape index (κ1) is 23.3. The fraction of sp³-hybridized carbons (Fsp3) is 0.360. The van der Waals surface area contributed by atoms with Crippen LogP contribution in [0.1, 0.15) is 24.1 Å². The minimum atomic E-state index is -0.701. The number of ketones is 1. The lowest BCUT2D eigenvalue weighted by atomic mass is 9.95. The minimum Gasteiger partial charge on any atom is -0.507 e. The summed E-state index contributed by atoms with van der Waals surface area (Å²) in [6.45, 7) is 6.16. The Morgan fingerprint density at radius 3 is 2.52 bits per heavy atom. The Hall–Kier alpha value is -2.87. The molecule has 7 nitrogen and oxygen atoms in total. The topological polar surface area (TPSA) is 79.3 Å². The molecule has 2 aromatic rings. The molecule has 2 aliphatic rings. The normalized spacial score (nSPS) is 20.9. The maximum atomic E-state index is 13.1. The van der Waals surface area contributed by atoms with Gasteiger partial charge in [-0.1, -0.05) is 41.9 Å². The van der Waals surface area contributed by atoms with Crippen LogP contribution in [-0.2, 0) is 14.3 Å². The molecule has 2 saturated heterocycles. The molecule has 33 heavy (non-hydrogen) atoms. The summed E-state index contributed by atoms with van der Waals surface area (Å²) in [5.41, 5.74) is 1.18. The molecule has 0 unspecified atom stereocenters. The molecule has 0 spiro atoms. The van der Waals surface area contributed by atoms with Gasteiger partial charge in [0.2, 0.25) is 0 Å². The van der Waals surface area contributed by atoms with Crippen molar-refractivity contribution in [2.24, 2.45) is 0 Å². The molecular weight excluding hydrogens is 444 g/mol. The Balaban J connectivity index is 1.71. The predicted molar refractivity (Wildman–Crippen MR) is 125 cm³/mol. The van der Waals surface area contributed by atoms with E-state index in [-0.39, 0.29) is 11.3 Å². The number of nitrogens with zero attached hydrogens (tertiary/aromatic N) is 2. The number of hydrogen-bond acceptors (Lipinski definition) is 6. The summed E-state index contributed by atoms with van der Waals surface area (Å²) in [6, 6.07) is 13.4. The number of aliphatic hydroxyl groups is 1. The number of rotatable bonds is 7. The third-order valence-electron chi connectivity index (χ3n) is 5.92. The van der Waals surface area contributed by atoms with Gasteiger partial charge in [0.25, 0.3) is 11.7 Å². The minimum absolute atomic E-state index is 0.0633. The van der Waals surface area contributed by atoms with Crippen molar-refractivity contribution in [3.05, 3.63) is 70.3 Å². The van der Waals surface area contributed by atoms with E-state index in [0.717, 1.165) is 18.7 Å². The lowest BCUT2D eigenvalue weighted by molar-refractivity contribution is -0.140. The molecule has 8 heteroatoms. The predicted octanol–water partition coefficient (Wildman–Crippen LogP) is 3.49. The molecule has 174 valence electrons. The number of amides is 1. The van der Waals surface area contributed by atoms with Crippen LogP contribution in [0.3, 0.4) is 0 Å². The van der Waals surface area contributed by atoms with Gasteiger partial charge in [0.05, 0.1) is 36.5 Å². The number of carbonyl (C=O) groups excluding carboxylic acids is 2. The lowest BCUT2D eigenvalue weighted by Crippen LogP contribution is -2.42. The van der Waals surface area contributed by atoms with Crippen LogP contribution in [0.5, 0.6) is 5.75 Å². The highest BCUT2D eigenvalue weighted by Gasteiger charge is 2.46. The molecule has 4 rings (SSSR count). The second-order valence-electron chi connectivity index (χ2n) is 7.94. The highest BCUT2D eigenvalue weighted by Crippen LogP contribution is 2.40. The number of likely N-dealkylation sites (tertiary alicyclic amines) is 1. The van der Waals surface area contributed by atoms with Gasteiger partial charge in [0, 0.05) is 31.7 Å². The average Bonchev–Trinajstić information content (AvgIpc) is 3.09. The molecular formula is C25H27ClN2O5. The van der Waals surface area contributed by atoms with Gasteiger partial charge in [-0.2, -0.15) is 0 Å². The van der Waals surface area contributed by atoms with Gasteiger partial charge in [-0.3, -0.25) is 14.5 Å². The molecule has 0 aliphatic carbocycles. The summed E-state index contributed by atoms with van der Waals surface area (Å²) in [5, 5.41) is 11.5. The van der Waals surface area contributed by atoms with Crippen molar-refractivity contribution >= 4 is 29.1 Å². The van der Waals surface area contributed by atoms with E-state index in [1.54, 1.807) is 23.1 Å². The molecule has 0 aromatic heterocycles. The van der Waals surface area contributed by atoms with Crippen LogP contribution in [0.15, 0.2) is 54.1 Å². The van der Waals surface area contributed by atoms with Crippen molar-refractivity contribution in [2.45, 2.75) is 13.0 Å². The summed E-state index contributed by atoms with van der Waals surface area (Å²) in [5.74, 6) is -1.08. The maximum Gasteiger partial charge on any atom is 0.295 e. The largest absolute Gasteiger partial charge is 0.507 e. The highest BCUT2D eigenvalue weighted by molar-refractivity contribution is 6.46. The maximum absolute atomic E-state index is 13.1. The van der Waals surface area contributed by atoms with E-state index in [0.29, 0.717) is 49.2 Å². The zero-order chi connectivity index (χ0) is 23.4. The quantitative estimate of drug-likeness (QED) is 0.379. The number of carbonyl (C=O) groups is 2. The molecule has 2 heterocycles. The Labute approximate surface area is 198 Å². The van der Waals surface area contributed by atoms with Crippen molar-refractivity contribution in [1.82, 2.24) is 9.80 Å². The van der Waals surface area contributed by atoms with Gasteiger partial charge in [-0.15, -0.1) is 0 Å². The van der Waals surface area contributed by atoms with E-state index in [2.05, 4.69) is 4.90 Å². The van der Waals surface area contributed by atoms with Crippen LogP contribution < -0.4 is 4.74 Å². The summed E-state index contributed by atoms with van der Waals surface area (Å²) in [6.07, 6.45) is 0. The number of morpholine rings is 1. The van der Waals surface area contributed by atoms with Crippen molar-refractivity contribution < 1.29 is 24.2 Å². The molecule has 1 amide bonds. The van der Waals surface area contributed by atoms with Crippen LogP contribution >= 0.6 is 11.6 Å². The SMILES string of the molecule is CCOc1ccc(C(O)=C2C(=O)C(=O)N(CCN3CCOCC3)[C@H]2c2ccccc2)cc1Cl. The summed E-state index contributed by atoms with van der Waals surface area (Å²) >= 11 is 6.31. The van der Waals surface area contributed by atoms with E-state index in [4.69, 9.17) is 21.1 Å². The average molecular weight is 471 g/mol. The first-order valence-electron chi connectivity index (χ1n) is 11.1. The molecule has 1 atom stereocenters. The number of aliphatic hydroxyl groups excluding tert-OH is 1. The summed E-state index contributed by atoms with van der Waals surface area (Å²) in [7, 11) is 0. The van der Waals surface area contributed by atoms with Gasteiger partial charge in [-0.05, 0) is 30.7 Å². The van der Waals surface area contributed by atoms with Crippen LogP contribution in [0.25, 0.3) is 5.76 Å². The van der Waals surface area contributed by atoms with Crippen LogP contribution in [0, 0.1) is 0 Å². The van der Waals surface area contributed by atoms with E-state index < -0.39 is 17.7 Å². The van der Waals surface area contributed by atoms with E-state index >= 15 is 0 Å². The molecule has 0 bridgehead atoms. The molecule has 0 radical (unpaired) electrons. The van der Waals surface area contributed by atoms with Crippen molar-refractivity contribution in [1.29, 1.82) is 0 Å². The second kappa shape index (κ2) is 10.4.